The van der Waals surface area contributed by atoms with Crippen molar-refractivity contribution in [3.8, 4) is 0 Å². The average molecular weight is 165 g/mol. The Morgan fingerprint density at radius 2 is 2.17 bits per heavy atom. The molecule has 0 N–H and O–H groups in total. The molecule has 0 saturated heterocycles. The maximum atomic E-state index is 11.6. The van der Waals surface area contributed by atoms with Crippen molar-refractivity contribution in [1.29, 1.82) is 0 Å². The van der Waals surface area contributed by atoms with Crippen molar-refractivity contribution in [3.05, 3.63) is 34.2 Å². The Morgan fingerprint density at radius 3 is 2.67 bits per heavy atom. The van der Waals surface area contributed by atoms with Crippen LogP contribution in [0.4, 0.5) is 0 Å². The van der Waals surface area contributed by atoms with Gasteiger partial charge in [-0.25, -0.2) is 0 Å². The molecule has 0 fully saturated rings. The lowest BCUT2D eigenvalue weighted by atomic mass is 10.2. The van der Waals surface area contributed by atoms with Gasteiger partial charge in [-0.05, 0) is 26.3 Å². The van der Waals surface area contributed by atoms with Gasteiger partial charge in [0, 0.05) is 17.8 Å². The van der Waals surface area contributed by atoms with Crippen LogP contribution in [0.15, 0.2) is 23.1 Å². The fraction of sp³-hybridized carbons (Fsp3) is 0.500. The summed E-state index contributed by atoms with van der Waals surface area (Å²) in [6.45, 7) is 6.03. The fourth-order valence-electron chi connectivity index (χ4n) is 1.23. The minimum Gasteiger partial charge on any atom is -0.313 e. The van der Waals surface area contributed by atoms with Crippen LogP contribution in [0, 0.1) is 0 Å². The van der Waals surface area contributed by atoms with E-state index in [-0.39, 0.29) is 11.6 Å². The average Bonchev–Trinajstić information content (AvgIpc) is 2.04. The van der Waals surface area contributed by atoms with Gasteiger partial charge in [0.15, 0.2) is 0 Å². The number of aromatic nitrogens is 1. The Hall–Kier alpha value is -1.05. The molecule has 12 heavy (non-hydrogen) atoms. The van der Waals surface area contributed by atoms with Crippen LogP contribution in [0.25, 0.3) is 0 Å². The molecule has 0 radical (unpaired) electrons. The van der Waals surface area contributed by atoms with Gasteiger partial charge in [0.2, 0.25) is 0 Å². The molecular formula is C10H15NO. The van der Waals surface area contributed by atoms with Gasteiger partial charge in [0.25, 0.3) is 5.56 Å². The van der Waals surface area contributed by atoms with Crippen LogP contribution in [0.1, 0.15) is 32.4 Å². The van der Waals surface area contributed by atoms with Gasteiger partial charge < -0.3 is 4.57 Å². The van der Waals surface area contributed by atoms with Crippen LogP contribution in [0.5, 0.6) is 0 Å². The molecule has 2 heteroatoms. The van der Waals surface area contributed by atoms with E-state index >= 15 is 0 Å². The van der Waals surface area contributed by atoms with Gasteiger partial charge in [-0.2, -0.15) is 0 Å². The molecule has 0 aromatic carbocycles. The van der Waals surface area contributed by atoms with Crippen LogP contribution in [0.3, 0.4) is 0 Å². The summed E-state index contributed by atoms with van der Waals surface area (Å²) in [6.07, 6.45) is 2.65. The summed E-state index contributed by atoms with van der Waals surface area (Å²) in [4.78, 5) is 11.6. The molecule has 1 rings (SSSR count). The third kappa shape index (κ3) is 1.58. The molecule has 0 aliphatic heterocycles. The second-order valence-electron chi connectivity index (χ2n) is 3.19. The largest absolute Gasteiger partial charge is 0.313 e. The molecule has 0 spiro atoms. The second-order valence-corrected chi connectivity index (χ2v) is 3.19. The SMILES string of the molecule is CCc1cccn(C(C)C)c1=O. The van der Waals surface area contributed by atoms with Crippen molar-refractivity contribution < 1.29 is 0 Å². The van der Waals surface area contributed by atoms with E-state index < -0.39 is 0 Å². The summed E-state index contributed by atoms with van der Waals surface area (Å²) >= 11 is 0. The standard InChI is InChI=1S/C10H15NO/c1-4-9-6-5-7-11(8(2)3)10(9)12/h5-8H,4H2,1-3H3. The summed E-state index contributed by atoms with van der Waals surface area (Å²) in [5, 5.41) is 0. The van der Waals surface area contributed by atoms with Crippen LogP contribution >= 0.6 is 0 Å². The summed E-state index contributed by atoms with van der Waals surface area (Å²) in [6, 6.07) is 4.07. The summed E-state index contributed by atoms with van der Waals surface area (Å²) in [7, 11) is 0. The summed E-state index contributed by atoms with van der Waals surface area (Å²) in [5.41, 5.74) is 1.04. The van der Waals surface area contributed by atoms with Crippen molar-refractivity contribution >= 4 is 0 Å². The van der Waals surface area contributed by atoms with Gasteiger partial charge in [-0.15, -0.1) is 0 Å². The van der Waals surface area contributed by atoms with E-state index in [1.54, 1.807) is 4.57 Å². The van der Waals surface area contributed by atoms with E-state index in [9.17, 15) is 4.79 Å². The number of nitrogens with zero attached hydrogens (tertiary/aromatic N) is 1. The first kappa shape index (κ1) is 9.04. The number of hydrogen-bond acceptors (Lipinski definition) is 1. The first-order chi connectivity index (χ1) is 5.66. The Morgan fingerprint density at radius 1 is 1.50 bits per heavy atom. The highest BCUT2D eigenvalue weighted by Gasteiger charge is 2.02. The minimum absolute atomic E-state index is 0.148. The molecule has 0 aliphatic rings. The van der Waals surface area contributed by atoms with Crippen LogP contribution < -0.4 is 5.56 Å². The van der Waals surface area contributed by atoms with Gasteiger partial charge in [-0.1, -0.05) is 13.0 Å². The predicted octanol–water partition coefficient (Wildman–Crippen LogP) is 1.99. The van der Waals surface area contributed by atoms with E-state index in [0.29, 0.717) is 0 Å². The lowest BCUT2D eigenvalue weighted by molar-refractivity contribution is 0.573. The Kier molecular flexibility index (Phi) is 2.69. The molecule has 0 unspecified atom stereocenters. The first-order valence-corrected chi connectivity index (χ1v) is 4.36. The molecule has 0 bridgehead atoms. The monoisotopic (exact) mass is 165 g/mol. The number of hydrogen-bond donors (Lipinski definition) is 0. The highest BCUT2D eigenvalue weighted by molar-refractivity contribution is 5.10. The van der Waals surface area contributed by atoms with Crippen molar-refractivity contribution in [2.24, 2.45) is 0 Å². The molecule has 1 heterocycles. The van der Waals surface area contributed by atoms with Gasteiger partial charge in [-0.3, -0.25) is 4.79 Å². The van der Waals surface area contributed by atoms with E-state index in [1.165, 1.54) is 0 Å². The van der Waals surface area contributed by atoms with Gasteiger partial charge in [0.05, 0.1) is 0 Å². The maximum Gasteiger partial charge on any atom is 0.253 e. The molecule has 0 atom stereocenters. The molecular weight excluding hydrogens is 150 g/mol. The van der Waals surface area contributed by atoms with Crippen LogP contribution in [-0.4, -0.2) is 4.57 Å². The third-order valence-electron chi connectivity index (χ3n) is 1.99. The molecule has 2 nitrogen and oxygen atoms in total. The molecule has 1 aromatic heterocycles. The summed E-state index contributed by atoms with van der Waals surface area (Å²) in [5.74, 6) is 0. The molecule has 1 aromatic rings. The Balaban J connectivity index is 3.24. The van der Waals surface area contributed by atoms with E-state index in [1.807, 2.05) is 39.1 Å². The zero-order chi connectivity index (χ0) is 9.14. The number of rotatable bonds is 2. The maximum absolute atomic E-state index is 11.6. The molecule has 0 amide bonds. The molecule has 0 saturated carbocycles. The van der Waals surface area contributed by atoms with Crippen molar-refractivity contribution in [1.82, 2.24) is 4.57 Å². The van der Waals surface area contributed by atoms with Gasteiger partial charge in [0.1, 0.15) is 0 Å². The Labute approximate surface area is 72.8 Å². The van der Waals surface area contributed by atoms with Crippen LogP contribution in [-0.2, 0) is 6.42 Å². The van der Waals surface area contributed by atoms with Crippen molar-refractivity contribution in [2.75, 3.05) is 0 Å². The normalized spacial score (nSPS) is 10.7. The van der Waals surface area contributed by atoms with E-state index in [2.05, 4.69) is 0 Å². The van der Waals surface area contributed by atoms with Crippen molar-refractivity contribution in [3.63, 3.8) is 0 Å². The lowest BCUT2D eigenvalue weighted by Gasteiger charge is -2.09. The zero-order valence-electron chi connectivity index (χ0n) is 7.87. The lowest BCUT2D eigenvalue weighted by Crippen LogP contribution is -2.23. The zero-order valence-corrected chi connectivity index (χ0v) is 7.87. The van der Waals surface area contributed by atoms with Gasteiger partial charge >= 0.3 is 0 Å². The minimum atomic E-state index is 0.148. The van der Waals surface area contributed by atoms with E-state index in [4.69, 9.17) is 0 Å². The Bertz CT molecular complexity index is 312. The van der Waals surface area contributed by atoms with E-state index in [0.717, 1.165) is 12.0 Å². The first-order valence-electron chi connectivity index (χ1n) is 4.36. The smallest absolute Gasteiger partial charge is 0.253 e. The van der Waals surface area contributed by atoms with Crippen molar-refractivity contribution in [2.45, 2.75) is 33.2 Å². The third-order valence-corrected chi connectivity index (χ3v) is 1.99. The topological polar surface area (TPSA) is 22.0 Å². The highest BCUT2D eigenvalue weighted by Crippen LogP contribution is 2.00. The number of pyridine rings is 1. The number of aryl methyl sites for hydroxylation is 1. The summed E-state index contributed by atoms with van der Waals surface area (Å²) < 4.78 is 1.76. The van der Waals surface area contributed by atoms with Crippen LogP contribution in [0.2, 0.25) is 0 Å². The quantitative estimate of drug-likeness (QED) is 0.657. The highest BCUT2D eigenvalue weighted by atomic mass is 16.1. The predicted molar refractivity (Wildman–Crippen MR) is 50.5 cm³/mol. The fourth-order valence-corrected chi connectivity index (χ4v) is 1.23. The molecule has 66 valence electrons. The second kappa shape index (κ2) is 3.57. The molecule has 0 aliphatic carbocycles.